The van der Waals surface area contributed by atoms with Crippen LogP contribution in [-0.4, -0.2) is 9.97 Å². The van der Waals surface area contributed by atoms with E-state index in [0.29, 0.717) is 0 Å². The van der Waals surface area contributed by atoms with Crippen LogP contribution in [0.1, 0.15) is 134 Å². The Bertz CT molecular complexity index is 581. The molecule has 3 rings (SSSR count). The van der Waals surface area contributed by atoms with Crippen molar-refractivity contribution in [3.8, 4) is 22.3 Å². The van der Waals surface area contributed by atoms with Crippen LogP contribution in [0.2, 0.25) is 0 Å². The Morgan fingerprint density at radius 2 is 0.500 bits per heavy atom. The average Bonchev–Trinajstić information content (AvgIpc) is 2.49. The van der Waals surface area contributed by atoms with E-state index in [1.807, 2.05) is 49.1 Å². The lowest BCUT2D eigenvalue weighted by atomic mass is 10.0. The van der Waals surface area contributed by atoms with Gasteiger partial charge >= 0.3 is 0 Å². The highest BCUT2D eigenvalue weighted by Gasteiger charge is 2.00. The van der Waals surface area contributed by atoms with Gasteiger partial charge in [-0.3, -0.25) is 9.97 Å². The third-order valence-electron chi connectivity index (χ3n) is 2.89. The summed E-state index contributed by atoms with van der Waals surface area (Å²) in [5.41, 5.74) is 4.76. The molecular formula is C34H84N2. The summed E-state index contributed by atoms with van der Waals surface area (Å²) in [6, 6.07) is 16.6. The molecular weight excluding hydrogens is 436 g/mol. The van der Waals surface area contributed by atoms with E-state index in [1.165, 1.54) is 22.3 Å². The molecule has 36 heavy (non-hydrogen) atoms. The highest BCUT2D eigenvalue weighted by atomic mass is 14.6. The summed E-state index contributed by atoms with van der Waals surface area (Å²) in [6.07, 6.45) is 7.26. The topological polar surface area (TPSA) is 25.8 Å². The van der Waals surface area contributed by atoms with Gasteiger partial charge in [-0.05, 0) is 52.6 Å². The van der Waals surface area contributed by atoms with E-state index in [2.05, 4.69) is 34.2 Å². The van der Waals surface area contributed by atoms with Crippen LogP contribution in [0.3, 0.4) is 0 Å². The van der Waals surface area contributed by atoms with Crippen molar-refractivity contribution in [2.75, 3.05) is 0 Å². The van der Waals surface area contributed by atoms with Crippen LogP contribution in [0.15, 0.2) is 73.3 Å². The summed E-state index contributed by atoms with van der Waals surface area (Å²) in [5, 5.41) is 0. The molecule has 2 nitrogen and oxygen atoms in total. The van der Waals surface area contributed by atoms with Crippen molar-refractivity contribution in [2.24, 2.45) is 0 Å². The standard InChI is InChI=1S/C16H12N2.18CH4/c1-2-15(13-4-8-17-9-5-13)12-16(3-1)14-6-10-18-11-7-14;;;;;;;;;;;;;;;;;;/h1-12H;18*1H4. The fourth-order valence-electron chi connectivity index (χ4n) is 1.97. The van der Waals surface area contributed by atoms with Crippen molar-refractivity contribution < 1.29 is 0 Å². The predicted octanol–water partition coefficient (Wildman–Crippen LogP) is 15.3. The maximum Gasteiger partial charge on any atom is 0.0273 e. The first-order chi connectivity index (χ1) is 8.93. The van der Waals surface area contributed by atoms with E-state index < -0.39 is 0 Å². The van der Waals surface area contributed by atoms with Gasteiger partial charge in [-0.2, -0.15) is 0 Å². The van der Waals surface area contributed by atoms with Crippen molar-refractivity contribution in [3.63, 3.8) is 0 Å². The van der Waals surface area contributed by atoms with Gasteiger partial charge in [0.1, 0.15) is 0 Å². The molecule has 1 aromatic carbocycles. The second-order valence-electron chi connectivity index (χ2n) is 4.05. The van der Waals surface area contributed by atoms with Crippen molar-refractivity contribution in [1.82, 2.24) is 9.97 Å². The Labute approximate surface area is 239 Å². The molecule has 0 atom stereocenters. The molecule has 2 heteroatoms. The van der Waals surface area contributed by atoms with E-state index in [1.54, 1.807) is 0 Å². The smallest absolute Gasteiger partial charge is 0.0273 e. The molecule has 0 aliphatic carbocycles. The van der Waals surface area contributed by atoms with E-state index >= 15 is 0 Å². The highest BCUT2D eigenvalue weighted by Crippen LogP contribution is 2.25. The second kappa shape index (κ2) is 58.4. The minimum atomic E-state index is 0. The van der Waals surface area contributed by atoms with Crippen LogP contribution >= 0.6 is 0 Å². The first kappa shape index (κ1) is 115. The van der Waals surface area contributed by atoms with Crippen LogP contribution < -0.4 is 0 Å². The summed E-state index contributed by atoms with van der Waals surface area (Å²) in [4.78, 5) is 8.09. The van der Waals surface area contributed by atoms with Crippen LogP contribution in [0.5, 0.6) is 0 Å². The molecule has 0 saturated heterocycles. The van der Waals surface area contributed by atoms with Crippen LogP contribution in [-0.2, 0) is 0 Å². The van der Waals surface area contributed by atoms with Gasteiger partial charge in [0.25, 0.3) is 0 Å². The number of nitrogens with zero attached hydrogens (tertiary/aromatic N) is 2. The quantitative estimate of drug-likeness (QED) is 0.335. The molecule has 0 spiro atoms. The highest BCUT2D eigenvalue weighted by molar-refractivity contribution is 5.72. The zero-order valence-corrected chi connectivity index (χ0v) is 9.82. The number of benzene rings is 1. The number of hydrogen-bond acceptors (Lipinski definition) is 2. The van der Waals surface area contributed by atoms with Crippen molar-refractivity contribution in [2.45, 2.75) is 134 Å². The molecule has 0 saturated carbocycles. The van der Waals surface area contributed by atoms with Gasteiger partial charge in [0, 0.05) is 24.8 Å². The first-order valence-electron chi connectivity index (χ1n) is 5.84. The van der Waals surface area contributed by atoms with Gasteiger partial charge in [0.2, 0.25) is 0 Å². The summed E-state index contributed by atoms with van der Waals surface area (Å²) >= 11 is 0. The van der Waals surface area contributed by atoms with Gasteiger partial charge in [-0.15, -0.1) is 0 Å². The minimum Gasteiger partial charge on any atom is -0.265 e. The van der Waals surface area contributed by atoms with E-state index in [4.69, 9.17) is 0 Å². The van der Waals surface area contributed by atoms with Gasteiger partial charge in [0.05, 0.1) is 0 Å². The molecule has 0 amide bonds. The third kappa shape index (κ3) is 29.6. The Balaban J connectivity index is -0.0000000159. The molecule has 2 aromatic heterocycles. The molecule has 0 aliphatic rings. The Kier molecular flexibility index (Phi) is 187. The molecule has 230 valence electrons. The third-order valence-corrected chi connectivity index (χ3v) is 2.89. The van der Waals surface area contributed by atoms with E-state index in [0.717, 1.165) is 0 Å². The summed E-state index contributed by atoms with van der Waals surface area (Å²) < 4.78 is 0. The summed E-state index contributed by atoms with van der Waals surface area (Å²) in [5.74, 6) is 0. The van der Waals surface area contributed by atoms with E-state index in [-0.39, 0.29) is 134 Å². The first-order valence-corrected chi connectivity index (χ1v) is 5.84. The largest absolute Gasteiger partial charge is 0.265 e. The molecule has 0 fully saturated rings. The molecule has 0 unspecified atom stereocenters. The van der Waals surface area contributed by atoms with Gasteiger partial charge in [0.15, 0.2) is 0 Å². The van der Waals surface area contributed by atoms with Crippen molar-refractivity contribution in [3.05, 3.63) is 73.3 Å². The molecule has 0 aliphatic heterocycles. The lowest BCUT2D eigenvalue weighted by Gasteiger charge is -2.05. The fourth-order valence-corrected chi connectivity index (χ4v) is 1.97. The molecule has 0 radical (unpaired) electrons. The number of hydrogen-bond donors (Lipinski definition) is 0. The van der Waals surface area contributed by atoms with Gasteiger partial charge < -0.3 is 0 Å². The van der Waals surface area contributed by atoms with Crippen molar-refractivity contribution >= 4 is 0 Å². The van der Waals surface area contributed by atoms with Crippen LogP contribution in [0.4, 0.5) is 0 Å². The normalized spacial score (nSPS) is 5.11. The lowest BCUT2D eigenvalue weighted by molar-refractivity contribution is 1.33. The van der Waals surface area contributed by atoms with Crippen molar-refractivity contribution in [1.29, 1.82) is 0 Å². The lowest BCUT2D eigenvalue weighted by Crippen LogP contribution is -1.82. The Hall–Kier alpha value is -2.48. The average molecular weight is 521 g/mol. The van der Waals surface area contributed by atoms with Crippen LogP contribution in [0, 0.1) is 0 Å². The predicted molar refractivity (Wildman–Crippen MR) is 194 cm³/mol. The Morgan fingerprint density at radius 3 is 0.722 bits per heavy atom. The molecule has 2 heterocycles. The number of rotatable bonds is 2. The fraction of sp³-hybridized carbons (Fsp3) is 0.529. The maximum atomic E-state index is 4.04. The second-order valence-corrected chi connectivity index (χ2v) is 4.05. The summed E-state index contributed by atoms with van der Waals surface area (Å²) in [6.45, 7) is 0. The van der Waals surface area contributed by atoms with Gasteiger partial charge in [-0.25, -0.2) is 0 Å². The molecule has 0 bridgehead atoms. The zero-order chi connectivity index (χ0) is 12.2. The number of aromatic nitrogens is 2. The van der Waals surface area contributed by atoms with Gasteiger partial charge in [-0.1, -0.05) is 152 Å². The molecule has 0 N–H and O–H groups in total. The number of pyridine rings is 2. The monoisotopic (exact) mass is 521 g/mol. The zero-order valence-electron chi connectivity index (χ0n) is 9.82. The Morgan fingerprint density at radius 1 is 0.278 bits per heavy atom. The molecule has 3 aromatic rings. The SMILES string of the molecule is C.C.C.C.C.C.C.C.C.C.C.C.C.C.C.C.C.C.c1cc(-c2ccncc2)cc(-c2ccncc2)c1. The maximum absolute atomic E-state index is 4.04. The van der Waals surface area contributed by atoms with E-state index in [9.17, 15) is 0 Å². The summed E-state index contributed by atoms with van der Waals surface area (Å²) in [7, 11) is 0. The van der Waals surface area contributed by atoms with Crippen LogP contribution in [0.25, 0.3) is 22.3 Å². The minimum absolute atomic E-state index is 0.